The molecule has 0 amide bonds. The highest BCUT2D eigenvalue weighted by Gasteiger charge is 2.21. The minimum absolute atomic E-state index is 0.189. The number of carbonyl (C=O) groups is 1. The van der Waals surface area contributed by atoms with E-state index < -0.39 is 5.97 Å². The second-order valence-corrected chi connectivity index (χ2v) is 4.67. The highest BCUT2D eigenvalue weighted by Crippen LogP contribution is 2.31. The minimum Gasteiger partial charge on any atom is -0.481 e. The molecule has 1 aliphatic rings. The number of anilines is 1. The molecule has 0 aliphatic carbocycles. The van der Waals surface area contributed by atoms with Gasteiger partial charge in [0.2, 0.25) is 0 Å². The highest BCUT2D eigenvalue weighted by atomic mass is 79.9. The second kappa shape index (κ2) is 4.23. The van der Waals surface area contributed by atoms with Gasteiger partial charge in [0.25, 0.3) is 0 Å². The van der Waals surface area contributed by atoms with Gasteiger partial charge in [-0.3, -0.25) is 4.79 Å². The van der Waals surface area contributed by atoms with Gasteiger partial charge in [0, 0.05) is 16.7 Å². The van der Waals surface area contributed by atoms with E-state index in [2.05, 4.69) is 21.2 Å². The van der Waals surface area contributed by atoms with Gasteiger partial charge in [0.1, 0.15) is 0 Å². The lowest BCUT2D eigenvalue weighted by atomic mass is 9.92. The van der Waals surface area contributed by atoms with E-state index in [1.807, 2.05) is 18.2 Å². The lowest BCUT2D eigenvalue weighted by Crippen LogP contribution is -2.25. The molecular weight excluding hydrogens is 258 g/mol. The molecule has 1 aromatic carbocycles. The van der Waals surface area contributed by atoms with Crippen LogP contribution < -0.4 is 5.32 Å². The van der Waals surface area contributed by atoms with E-state index in [1.165, 1.54) is 5.56 Å². The van der Waals surface area contributed by atoms with Crippen molar-refractivity contribution < 1.29 is 9.90 Å². The summed E-state index contributed by atoms with van der Waals surface area (Å²) in [6.07, 6.45) is 1.06. The van der Waals surface area contributed by atoms with E-state index in [9.17, 15) is 4.79 Å². The molecule has 0 fully saturated rings. The number of benzene rings is 1. The molecule has 2 rings (SSSR count). The van der Waals surface area contributed by atoms with Crippen molar-refractivity contribution in [3.63, 3.8) is 0 Å². The molecule has 0 spiro atoms. The molecule has 0 radical (unpaired) electrons. The first-order valence-corrected chi connectivity index (χ1v) is 5.69. The third kappa shape index (κ3) is 2.31. The van der Waals surface area contributed by atoms with Crippen LogP contribution in [0.25, 0.3) is 0 Å². The number of aliphatic carboxylic acids is 1. The fourth-order valence-corrected chi connectivity index (χ4v) is 2.47. The lowest BCUT2D eigenvalue weighted by Gasteiger charge is -2.25. The minimum atomic E-state index is -0.725. The summed E-state index contributed by atoms with van der Waals surface area (Å²) in [4.78, 5) is 10.6. The maximum absolute atomic E-state index is 10.6. The number of halogens is 1. The molecule has 0 saturated carbocycles. The lowest BCUT2D eigenvalue weighted by molar-refractivity contribution is -0.138. The van der Waals surface area contributed by atoms with Gasteiger partial charge in [-0.1, -0.05) is 22.0 Å². The van der Waals surface area contributed by atoms with Gasteiger partial charge >= 0.3 is 5.97 Å². The normalized spacial score (nSPS) is 19.1. The highest BCUT2D eigenvalue weighted by molar-refractivity contribution is 9.10. The quantitative estimate of drug-likeness (QED) is 0.868. The molecule has 0 aromatic heterocycles. The summed E-state index contributed by atoms with van der Waals surface area (Å²) in [7, 11) is 0. The van der Waals surface area contributed by atoms with E-state index in [4.69, 9.17) is 5.11 Å². The molecule has 15 heavy (non-hydrogen) atoms. The van der Waals surface area contributed by atoms with Crippen molar-refractivity contribution in [2.24, 2.45) is 5.92 Å². The number of carboxylic acid groups (broad SMARTS) is 1. The van der Waals surface area contributed by atoms with Gasteiger partial charge in [-0.15, -0.1) is 0 Å². The van der Waals surface area contributed by atoms with Gasteiger partial charge in [0.05, 0.1) is 6.42 Å². The molecule has 1 atom stereocenters. The number of hydrogen-bond donors (Lipinski definition) is 2. The zero-order chi connectivity index (χ0) is 10.8. The number of carboxylic acids is 1. The Balaban J connectivity index is 2.18. The Labute approximate surface area is 96.6 Å². The van der Waals surface area contributed by atoms with Gasteiger partial charge in [-0.2, -0.15) is 0 Å². The van der Waals surface area contributed by atoms with Crippen LogP contribution in [0, 0.1) is 5.92 Å². The molecule has 1 aliphatic heterocycles. The molecule has 80 valence electrons. The summed E-state index contributed by atoms with van der Waals surface area (Å²) in [6.45, 7) is 0.746. The maximum atomic E-state index is 10.6. The second-order valence-electron chi connectivity index (χ2n) is 3.81. The average Bonchev–Trinajstić information content (AvgIpc) is 2.18. The Morgan fingerprint density at radius 3 is 3.13 bits per heavy atom. The summed E-state index contributed by atoms with van der Waals surface area (Å²) in [5.74, 6) is -0.536. The van der Waals surface area contributed by atoms with Gasteiger partial charge < -0.3 is 10.4 Å². The monoisotopic (exact) mass is 269 g/mol. The van der Waals surface area contributed by atoms with Crippen molar-refractivity contribution in [2.75, 3.05) is 11.9 Å². The Morgan fingerprint density at radius 2 is 2.40 bits per heavy atom. The third-order valence-corrected chi connectivity index (χ3v) is 3.40. The van der Waals surface area contributed by atoms with Crippen LogP contribution in [0.15, 0.2) is 22.7 Å². The smallest absolute Gasteiger partial charge is 0.303 e. The van der Waals surface area contributed by atoms with Crippen LogP contribution in [-0.4, -0.2) is 17.6 Å². The molecule has 1 aromatic rings. The van der Waals surface area contributed by atoms with Gasteiger partial charge in [0.15, 0.2) is 0 Å². The van der Waals surface area contributed by atoms with Crippen LogP contribution in [-0.2, 0) is 11.2 Å². The number of fused-ring (bicyclic) bond motifs is 1. The molecule has 3 nitrogen and oxygen atoms in total. The predicted octanol–water partition coefficient (Wildman–Crippen LogP) is 2.51. The fourth-order valence-electron chi connectivity index (χ4n) is 1.94. The van der Waals surface area contributed by atoms with Crippen LogP contribution in [0.3, 0.4) is 0 Å². The van der Waals surface area contributed by atoms with Crippen molar-refractivity contribution in [1.29, 1.82) is 0 Å². The third-order valence-electron chi connectivity index (χ3n) is 2.66. The summed E-state index contributed by atoms with van der Waals surface area (Å²) < 4.78 is 1.06. The van der Waals surface area contributed by atoms with E-state index in [0.717, 1.165) is 23.1 Å². The summed E-state index contributed by atoms with van der Waals surface area (Å²) in [5, 5.41) is 12.0. The maximum Gasteiger partial charge on any atom is 0.303 e. The topological polar surface area (TPSA) is 49.3 Å². The Kier molecular flexibility index (Phi) is 2.95. The average molecular weight is 270 g/mol. The first-order chi connectivity index (χ1) is 7.16. The van der Waals surface area contributed by atoms with Crippen molar-refractivity contribution in [3.8, 4) is 0 Å². The first kappa shape index (κ1) is 10.5. The first-order valence-electron chi connectivity index (χ1n) is 4.90. The van der Waals surface area contributed by atoms with E-state index in [1.54, 1.807) is 0 Å². The van der Waals surface area contributed by atoms with Crippen LogP contribution in [0.4, 0.5) is 5.69 Å². The zero-order valence-corrected chi connectivity index (χ0v) is 9.75. The molecular formula is C11H12BrNO2. The summed E-state index contributed by atoms with van der Waals surface area (Å²) >= 11 is 3.49. The molecule has 0 saturated heterocycles. The zero-order valence-electron chi connectivity index (χ0n) is 8.16. The number of nitrogens with one attached hydrogen (secondary N) is 1. The SMILES string of the molecule is O=C(O)CC1CNc2cccc(Br)c2C1. The molecule has 4 heteroatoms. The van der Waals surface area contributed by atoms with Gasteiger partial charge in [-0.05, 0) is 30.0 Å². The van der Waals surface area contributed by atoms with E-state index >= 15 is 0 Å². The van der Waals surface area contributed by atoms with Crippen molar-refractivity contribution in [1.82, 2.24) is 0 Å². The van der Waals surface area contributed by atoms with Crippen LogP contribution in [0.5, 0.6) is 0 Å². The van der Waals surface area contributed by atoms with Crippen molar-refractivity contribution in [3.05, 3.63) is 28.2 Å². The summed E-state index contributed by atoms with van der Waals surface area (Å²) in [6, 6.07) is 5.99. The number of hydrogen-bond acceptors (Lipinski definition) is 2. The molecule has 0 bridgehead atoms. The predicted molar refractivity (Wildman–Crippen MR) is 62.1 cm³/mol. The van der Waals surface area contributed by atoms with Crippen molar-refractivity contribution in [2.45, 2.75) is 12.8 Å². The van der Waals surface area contributed by atoms with Crippen LogP contribution >= 0.6 is 15.9 Å². The molecule has 1 unspecified atom stereocenters. The molecule has 1 heterocycles. The Morgan fingerprint density at radius 1 is 1.60 bits per heavy atom. The van der Waals surface area contributed by atoms with Crippen LogP contribution in [0.2, 0.25) is 0 Å². The fraction of sp³-hybridized carbons (Fsp3) is 0.364. The van der Waals surface area contributed by atoms with E-state index in [0.29, 0.717) is 0 Å². The van der Waals surface area contributed by atoms with Crippen LogP contribution in [0.1, 0.15) is 12.0 Å². The summed E-state index contributed by atoms with van der Waals surface area (Å²) in [5.41, 5.74) is 2.31. The number of rotatable bonds is 2. The van der Waals surface area contributed by atoms with E-state index in [-0.39, 0.29) is 12.3 Å². The standard InChI is InChI=1S/C11H12BrNO2/c12-9-2-1-3-10-8(9)4-7(6-13-10)5-11(14)15/h1-3,7,13H,4-6H2,(H,14,15). The largest absolute Gasteiger partial charge is 0.481 e. The molecule has 2 N–H and O–H groups in total. The Bertz CT molecular complexity index is 392. The Hall–Kier alpha value is -1.03. The van der Waals surface area contributed by atoms with Crippen molar-refractivity contribution >= 4 is 27.6 Å². The van der Waals surface area contributed by atoms with Gasteiger partial charge in [-0.25, -0.2) is 0 Å².